The zero-order chi connectivity index (χ0) is 24.0. The van der Waals surface area contributed by atoms with Crippen molar-refractivity contribution in [3.05, 3.63) is 29.7 Å². The van der Waals surface area contributed by atoms with Gasteiger partial charge in [0.15, 0.2) is 0 Å². The number of fused-ring (bicyclic) bond motifs is 1. The fourth-order valence-corrected chi connectivity index (χ4v) is 4.92. The summed E-state index contributed by atoms with van der Waals surface area (Å²) in [5.41, 5.74) is 0.177. The highest BCUT2D eigenvalue weighted by Crippen LogP contribution is 2.42. The molecule has 2 unspecified atom stereocenters. The van der Waals surface area contributed by atoms with Gasteiger partial charge in [-0.05, 0) is 37.2 Å². The van der Waals surface area contributed by atoms with Crippen molar-refractivity contribution >= 4 is 17.6 Å². The first-order chi connectivity index (χ1) is 15.4. The third kappa shape index (κ3) is 5.04. The lowest BCUT2D eigenvalue weighted by molar-refractivity contribution is -0.137. The van der Waals surface area contributed by atoms with E-state index in [0.29, 0.717) is 31.4 Å². The van der Waals surface area contributed by atoms with Gasteiger partial charge >= 0.3 is 6.18 Å². The molecule has 10 heteroatoms. The summed E-state index contributed by atoms with van der Waals surface area (Å²) >= 11 is 0. The number of amides is 2. The summed E-state index contributed by atoms with van der Waals surface area (Å²) in [6, 6.07) is 1.21. The largest absolute Gasteiger partial charge is 0.418 e. The second kappa shape index (κ2) is 8.46. The zero-order valence-electron chi connectivity index (χ0n) is 18.9. The molecule has 0 bridgehead atoms. The molecule has 7 nitrogen and oxygen atoms in total. The standard InChI is InChI=1S/C23H28F3N5O2/c1-13(32)29-15-6-4-5-14(7-15)21(33)30-20-8-16(18(11-27-20)23(24,25)26)17-10-28-31-12-22(2,3)9-19(17)31/h8,10-11,14-15H,4-7,9,12H2,1-3H3,(H,29,32)(H,27,30,33). The molecule has 0 aromatic carbocycles. The molecule has 1 aliphatic heterocycles. The highest BCUT2D eigenvalue weighted by Gasteiger charge is 2.38. The van der Waals surface area contributed by atoms with E-state index >= 15 is 0 Å². The normalized spacial score (nSPS) is 22.0. The van der Waals surface area contributed by atoms with Crippen LogP contribution in [0.4, 0.5) is 19.0 Å². The third-order valence-corrected chi connectivity index (χ3v) is 6.38. The van der Waals surface area contributed by atoms with Gasteiger partial charge in [0.2, 0.25) is 11.8 Å². The predicted molar refractivity (Wildman–Crippen MR) is 116 cm³/mol. The molecule has 33 heavy (non-hydrogen) atoms. The molecule has 2 aromatic rings. The molecular weight excluding hydrogens is 435 g/mol. The van der Waals surface area contributed by atoms with E-state index in [4.69, 9.17) is 0 Å². The summed E-state index contributed by atoms with van der Waals surface area (Å²) in [6.07, 6.45) is 0.976. The molecular formula is C23H28F3N5O2. The molecule has 3 heterocycles. The molecule has 2 aromatic heterocycles. The second-order valence-electron chi connectivity index (χ2n) is 9.87. The zero-order valence-corrected chi connectivity index (χ0v) is 18.9. The maximum Gasteiger partial charge on any atom is 0.418 e. The van der Waals surface area contributed by atoms with Crippen LogP contribution in [0.15, 0.2) is 18.5 Å². The average molecular weight is 464 g/mol. The third-order valence-electron chi connectivity index (χ3n) is 6.38. The Morgan fingerprint density at radius 2 is 1.94 bits per heavy atom. The highest BCUT2D eigenvalue weighted by molar-refractivity contribution is 5.92. The van der Waals surface area contributed by atoms with Crippen LogP contribution >= 0.6 is 0 Å². The maximum atomic E-state index is 13.8. The molecule has 2 N–H and O–H groups in total. The number of alkyl halides is 3. The number of hydrogen-bond donors (Lipinski definition) is 2. The van der Waals surface area contributed by atoms with Crippen LogP contribution in [0.5, 0.6) is 0 Å². The van der Waals surface area contributed by atoms with E-state index in [-0.39, 0.29) is 40.6 Å². The highest BCUT2D eigenvalue weighted by atomic mass is 19.4. The number of aromatic nitrogens is 3. The number of carbonyl (C=O) groups excluding carboxylic acids is 2. The van der Waals surface area contributed by atoms with E-state index in [1.807, 2.05) is 13.8 Å². The number of rotatable bonds is 4. The molecule has 0 radical (unpaired) electrons. The van der Waals surface area contributed by atoms with Crippen LogP contribution in [0.1, 0.15) is 57.7 Å². The van der Waals surface area contributed by atoms with E-state index in [0.717, 1.165) is 24.7 Å². The van der Waals surface area contributed by atoms with Gasteiger partial charge < -0.3 is 10.6 Å². The Balaban J connectivity index is 1.60. The monoisotopic (exact) mass is 463 g/mol. The smallest absolute Gasteiger partial charge is 0.354 e. The SMILES string of the molecule is CC(=O)NC1CCCC(C(=O)Nc2cc(-c3cnn4c3CC(C)(C)C4)c(C(F)(F)F)cn2)C1. The van der Waals surface area contributed by atoms with E-state index in [9.17, 15) is 22.8 Å². The number of nitrogens with one attached hydrogen (secondary N) is 2. The Morgan fingerprint density at radius 1 is 1.18 bits per heavy atom. The van der Waals surface area contributed by atoms with E-state index in [2.05, 4.69) is 20.7 Å². The van der Waals surface area contributed by atoms with Gasteiger partial charge in [0.05, 0.1) is 11.8 Å². The van der Waals surface area contributed by atoms with E-state index in [1.54, 1.807) is 4.68 Å². The fourth-order valence-electron chi connectivity index (χ4n) is 4.92. The van der Waals surface area contributed by atoms with Crippen molar-refractivity contribution in [2.45, 2.75) is 71.6 Å². The van der Waals surface area contributed by atoms with Gasteiger partial charge in [0.1, 0.15) is 5.82 Å². The molecule has 2 aliphatic rings. The lowest BCUT2D eigenvalue weighted by Gasteiger charge is -2.28. The van der Waals surface area contributed by atoms with Crippen LogP contribution in [0, 0.1) is 11.3 Å². The van der Waals surface area contributed by atoms with Gasteiger partial charge in [-0.25, -0.2) is 4.98 Å². The van der Waals surface area contributed by atoms with Gasteiger partial charge in [-0.15, -0.1) is 0 Å². The first kappa shape index (κ1) is 23.3. The van der Waals surface area contributed by atoms with Crippen molar-refractivity contribution in [1.29, 1.82) is 0 Å². The molecule has 2 amide bonds. The summed E-state index contributed by atoms with van der Waals surface area (Å²) in [7, 11) is 0. The Kier molecular flexibility index (Phi) is 5.96. The number of anilines is 1. The van der Waals surface area contributed by atoms with Gasteiger partial charge in [-0.2, -0.15) is 18.3 Å². The van der Waals surface area contributed by atoms with E-state index < -0.39 is 11.7 Å². The number of pyridine rings is 1. The summed E-state index contributed by atoms with van der Waals surface area (Å²) in [6.45, 7) is 6.17. The van der Waals surface area contributed by atoms with Crippen LogP contribution in [-0.4, -0.2) is 32.6 Å². The molecule has 0 saturated heterocycles. The number of halogens is 3. The van der Waals surface area contributed by atoms with Crippen molar-refractivity contribution in [3.8, 4) is 11.1 Å². The molecule has 1 aliphatic carbocycles. The molecule has 4 rings (SSSR count). The van der Waals surface area contributed by atoms with Crippen LogP contribution in [0.3, 0.4) is 0 Å². The summed E-state index contributed by atoms with van der Waals surface area (Å²) in [5, 5.41) is 9.83. The summed E-state index contributed by atoms with van der Waals surface area (Å²) in [5.74, 6) is -0.720. The minimum absolute atomic E-state index is 0.0356. The molecule has 1 saturated carbocycles. The van der Waals surface area contributed by atoms with Gasteiger partial charge in [-0.3, -0.25) is 14.3 Å². The second-order valence-corrected chi connectivity index (χ2v) is 9.87. The summed E-state index contributed by atoms with van der Waals surface area (Å²) in [4.78, 5) is 28.1. The molecule has 1 fully saturated rings. The molecule has 2 atom stereocenters. The van der Waals surface area contributed by atoms with E-state index in [1.165, 1.54) is 19.2 Å². The minimum Gasteiger partial charge on any atom is -0.354 e. The first-order valence-corrected chi connectivity index (χ1v) is 11.1. The number of carbonyl (C=O) groups is 2. The van der Waals surface area contributed by atoms with Crippen molar-refractivity contribution < 1.29 is 22.8 Å². The van der Waals surface area contributed by atoms with Crippen LogP contribution in [-0.2, 0) is 28.7 Å². The van der Waals surface area contributed by atoms with Crippen LogP contribution < -0.4 is 10.6 Å². The maximum absolute atomic E-state index is 13.8. The Morgan fingerprint density at radius 3 is 2.64 bits per heavy atom. The predicted octanol–water partition coefficient (Wildman–Crippen LogP) is 4.18. The number of nitrogens with zero attached hydrogens (tertiary/aromatic N) is 3. The first-order valence-electron chi connectivity index (χ1n) is 11.1. The van der Waals surface area contributed by atoms with Crippen LogP contribution in [0.2, 0.25) is 0 Å². The lowest BCUT2D eigenvalue weighted by Crippen LogP contribution is -2.40. The van der Waals surface area contributed by atoms with Crippen molar-refractivity contribution in [2.24, 2.45) is 11.3 Å². The van der Waals surface area contributed by atoms with Crippen molar-refractivity contribution in [1.82, 2.24) is 20.1 Å². The summed E-state index contributed by atoms with van der Waals surface area (Å²) < 4.78 is 43.1. The quantitative estimate of drug-likeness (QED) is 0.712. The molecule has 0 spiro atoms. The Bertz CT molecular complexity index is 1080. The Hall–Kier alpha value is -2.91. The van der Waals surface area contributed by atoms with Crippen molar-refractivity contribution in [2.75, 3.05) is 5.32 Å². The van der Waals surface area contributed by atoms with Gasteiger partial charge in [0.25, 0.3) is 0 Å². The van der Waals surface area contributed by atoms with Gasteiger partial charge in [0, 0.05) is 48.4 Å². The fraction of sp³-hybridized carbons (Fsp3) is 0.565. The average Bonchev–Trinajstić information content (AvgIpc) is 3.21. The number of hydrogen-bond acceptors (Lipinski definition) is 4. The van der Waals surface area contributed by atoms with Crippen molar-refractivity contribution in [3.63, 3.8) is 0 Å². The van der Waals surface area contributed by atoms with Crippen LogP contribution in [0.25, 0.3) is 11.1 Å². The lowest BCUT2D eigenvalue weighted by atomic mass is 9.85. The Labute approximate surface area is 190 Å². The topological polar surface area (TPSA) is 88.9 Å². The minimum atomic E-state index is -4.59. The molecule has 178 valence electrons. The van der Waals surface area contributed by atoms with Gasteiger partial charge in [-0.1, -0.05) is 20.3 Å².